The molecule has 5 heteroatoms. The van der Waals surface area contributed by atoms with Gasteiger partial charge in [0.2, 0.25) is 0 Å². The lowest BCUT2D eigenvalue weighted by molar-refractivity contribution is -0.137. The van der Waals surface area contributed by atoms with Crippen LogP contribution in [-0.4, -0.2) is 30.0 Å². The van der Waals surface area contributed by atoms with E-state index in [4.69, 9.17) is 9.15 Å². The van der Waals surface area contributed by atoms with Gasteiger partial charge in [-0.3, -0.25) is 4.79 Å². The molecule has 1 amide bonds. The molecule has 1 atom stereocenters. The highest BCUT2D eigenvalue weighted by Crippen LogP contribution is 2.33. The van der Waals surface area contributed by atoms with Gasteiger partial charge in [-0.05, 0) is 64.7 Å². The molecule has 134 valence electrons. The Morgan fingerprint density at radius 3 is 2.60 bits per heavy atom. The zero-order valence-corrected chi connectivity index (χ0v) is 15.3. The first-order valence-corrected chi connectivity index (χ1v) is 9.01. The number of likely N-dealkylation sites (N-methyl/N-ethyl adjacent to an activating group) is 1. The van der Waals surface area contributed by atoms with Gasteiger partial charge in [-0.1, -0.05) is 0 Å². The molecule has 0 aliphatic heterocycles. The number of rotatable bonds is 5. The minimum absolute atomic E-state index is 0.0418. The Labute approximate surface area is 147 Å². The summed E-state index contributed by atoms with van der Waals surface area (Å²) in [6, 6.07) is 3.82. The lowest BCUT2D eigenvalue weighted by atomic mass is 10.0. The number of hydrogen-bond donors (Lipinski definition) is 0. The molecule has 0 fully saturated rings. The van der Waals surface area contributed by atoms with Gasteiger partial charge in [0.05, 0.1) is 0 Å². The standard InChI is InChI=1S/C20H25NO4/c1-5-21(6-2)19(22)13(4)24-17-11-10-15-14-8-7-9-16(14)20(23)25-18(15)12(17)3/h10-11,13H,5-9H2,1-4H3. The summed E-state index contributed by atoms with van der Waals surface area (Å²) in [5, 5.41) is 0.986. The molecule has 1 aliphatic rings. The fourth-order valence-electron chi connectivity index (χ4n) is 3.62. The van der Waals surface area contributed by atoms with Crippen molar-refractivity contribution in [3.8, 4) is 5.75 Å². The number of ether oxygens (including phenoxy) is 1. The highest BCUT2D eigenvalue weighted by molar-refractivity contribution is 5.86. The first kappa shape index (κ1) is 17.5. The van der Waals surface area contributed by atoms with Crippen LogP contribution < -0.4 is 10.4 Å². The van der Waals surface area contributed by atoms with Crippen molar-refractivity contribution in [3.63, 3.8) is 0 Å². The molecule has 2 aromatic rings. The highest BCUT2D eigenvalue weighted by Gasteiger charge is 2.24. The van der Waals surface area contributed by atoms with Crippen molar-refractivity contribution in [2.75, 3.05) is 13.1 Å². The van der Waals surface area contributed by atoms with Crippen LogP contribution in [0.25, 0.3) is 11.0 Å². The van der Waals surface area contributed by atoms with Gasteiger partial charge < -0.3 is 14.1 Å². The van der Waals surface area contributed by atoms with Gasteiger partial charge in [-0.2, -0.15) is 0 Å². The van der Waals surface area contributed by atoms with Crippen LogP contribution in [0.2, 0.25) is 0 Å². The van der Waals surface area contributed by atoms with Crippen LogP contribution in [-0.2, 0) is 17.6 Å². The highest BCUT2D eigenvalue weighted by atomic mass is 16.5. The van der Waals surface area contributed by atoms with Crippen LogP contribution in [0.15, 0.2) is 21.3 Å². The molecule has 1 aromatic carbocycles. The Hall–Kier alpha value is -2.30. The number of nitrogens with zero attached hydrogens (tertiary/aromatic N) is 1. The first-order chi connectivity index (χ1) is 12.0. The van der Waals surface area contributed by atoms with Crippen molar-refractivity contribution in [1.82, 2.24) is 4.90 Å². The average Bonchev–Trinajstić information content (AvgIpc) is 3.09. The summed E-state index contributed by atoms with van der Waals surface area (Å²) >= 11 is 0. The maximum Gasteiger partial charge on any atom is 0.339 e. The number of carbonyl (C=O) groups excluding carboxylic acids is 1. The smallest absolute Gasteiger partial charge is 0.339 e. The third-order valence-electron chi connectivity index (χ3n) is 5.07. The monoisotopic (exact) mass is 343 g/mol. The lowest BCUT2D eigenvalue weighted by Crippen LogP contribution is -2.40. The molecule has 1 heterocycles. The Balaban J connectivity index is 1.96. The van der Waals surface area contributed by atoms with Crippen molar-refractivity contribution in [2.45, 2.75) is 53.1 Å². The van der Waals surface area contributed by atoms with E-state index in [9.17, 15) is 9.59 Å². The molecule has 0 bridgehead atoms. The molecule has 0 saturated heterocycles. The molecule has 1 aliphatic carbocycles. The number of fused-ring (bicyclic) bond motifs is 3. The maximum absolute atomic E-state index is 12.4. The summed E-state index contributed by atoms with van der Waals surface area (Å²) in [5.74, 6) is 0.543. The van der Waals surface area contributed by atoms with Gasteiger partial charge in [0.25, 0.3) is 5.91 Å². The molecule has 0 spiro atoms. The number of amides is 1. The van der Waals surface area contributed by atoms with Crippen LogP contribution in [0.4, 0.5) is 0 Å². The second kappa shape index (κ2) is 6.90. The predicted octanol–water partition coefficient (Wildman–Crippen LogP) is 3.23. The van der Waals surface area contributed by atoms with Crippen LogP contribution in [0.3, 0.4) is 0 Å². The Morgan fingerprint density at radius 1 is 1.24 bits per heavy atom. The lowest BCUT2D eigenvalue weighted by Gasteiger charge is -2.24. The maximum atomic E-state index is 12.4. The number of carbonyl (C=O) groups is 1. The molecular weight excluding hydrogens is 318 g/mol. The summed E-state index contributed by atoms with van der Waals surface area (Å²) in [6.45, 7) is 8.83. The van der Waals surface area contributed by atoms with E-state index in [-0.39, 0.29) is 11.5 Å². The van der Waals surface area contributed by atoms with Gasteiger partial charge in [0.15, 0.2) is 6.10 Å². The molecule has 1 unspecified atom stereocenters. The molecule has 5 nitrogen and oxygen atoms in total. The van der Waals surface area contributed by atoms with Crippen molar-refractivity contribution >= 4 is 16.9 Å². The van der Waals surface area contributed by atoms with E-state index in [1.165, 1.54) is 0 Å². The quantitative estimate of drug-likeness (QED) is 0.782. The molecule has 3 rings (SSSR count). The number of aryl methyl sites for hydroxylation is 2. The minimum Gasteiger partial charge on any atom is -0.480 e. The summed E-state index contributed by atoms with van der Waals surface area (Å²) in [5.41, 5.74) is 3.01. The summed E-state index contributed by atoms with van der Waals surface area (Å²) in [7, 11) is 0. The van der Waals surface area contributed by atoms with Crippen molar-refractivity contribution in [3.05, 3.63) is 39.2 Å². The summed E-state index contributed by atoms with van der Waals surface area (Å²) in [6.07, 6.45) is 2.11. The Bertz CT molecular complexity index is 864. The first-order valence-electron chi connectivity index (χ1n) is 9.01. The SMILES string of the molecule is CCN(CC)C(=O)C(C)Oc1ccc2c3c(c(=O)oc2c1C)CCC3. The zero-order chi connectivity index (χ0) is 18.1. The molecule has 0 radical (unpaired) electrons. The van der Waals surface area contributed by atoms with Crippen LogP contribution >= 0.6 is 0 Å². The number of benzene rings is 1. The summed E-state index contributed by atoms with van der Waals surface area (Å²) < 4.78 is 11.5. The second-order valence-electron chi connectivity index (χ2n) is 6.54. The van der Waals surface area contributed by atoms with Crippen molar-refractivity contribution in [2.24, 2.45) is 0 Å². The fourth-order valence-corrected chi connectivity index (χ4v) is 3.62. The molecular formula is C20H25NO4. The van der Waals surface area contributed by atoms with Crippen LogP contribution in [0.5, 0.6) is 5.75 Å². The van der Waals surface area contributed by atoms with E-state index in [0.717, 1.165) is 41.3 Å². The predicted molar refractivity (Wildman–Crippen MR) is 97.3 cm³/mol. The molecule has 0 N–H and O–H groups in total. The van der Waals surface area contributed by atoms with E-state index in [1.807, 2.05) is 32.9 Å². The third kappa shape index (κ3) is 3.03. The molecule has 25 heavy (non-hydrogen) atoms. The summed E-state index contributed by atoms with van der Waals surface area (Å²) in [4.78, 5) is 26.4. The Morgan fingerprint density at radius 2 is 1.92 bits per heavy atom. The molecule has 1 aromatic heterocycles. The normalized spacial score (nSPS) is 14.4. The van der Waals surface area contributed by atoms with E-state index in [1.54, 1.807) is 11.8 Å². The van der Waals surface area contributed by atoms with Crippen LogP contribution in [0, 0.1) is 6.92 Å². The van der Waals surface area contributed by atoms with E-state index in [0.29, 0.717) is 24.4 Å². The van der Waals surface area contributed by atoms with Gasteiger partial charge in [0.1, 0.15) is 11.3 Å². The Kier molecular flexibility index (Phi) is 4.84. The van der Waals surface area contributed by atoms with E-state index < -0.39 is 6.10 Å². The van der Waals surface area contributed by atoms with Gasteiger partial charge in [0, 0.05) is 29.6 Å². The second-order valence-corrected chi connectivity index (χ2v) is 6.54. The van der Waals surface area contributed by atoms with Crippen molar-refractivity contribution in [1.29, 1.82) is 0 Å². The zero-order valence-electron chi connectivity index (χ0n) is 15.3. The molecule has 0 saturated carbocycles. The van der Waals surface area contributed by atoms with Crippen LogP contribution in [0.1, 0.15) is 43.9 Å². The van der Waals surface area contributed by atoms with Gasteiger partial charge >= 0.3 is 5.63 Å². The van der Waals surface area contributed by atoms with E-state index >= 15 is 0 Å². The average molecular weight is 343 g/mol. The number of hydrogen-bond acceptors (Lipinski definition) is 4. The third-order valence-corrected chi connectivity index (χ3v) is 5.07. The van der Waals surface area contributed by atoms with Crippen molar-refractivity contribution < 1.29 is 13.9 Å². The van der Waals surface area contributed by atoms with Gasteiger partial charge in [-0.15, -0.1) is 0 Å². The van der Waals surface area contributed by atoms with Gasteiger partial charge in [-0.25, -0.2) is 4.79 Å². The largest absolute Gasteiger partial charge is 0.480 e. The minimum atomic E-state index is -0.586. The topological polar surface area (TPSA) is 59.8 Å². The fraction of sp³-hybridized carbons (Fsp3) is 0.500. The van der Waals surface area contributed by atoms with E-state index in [2.05, 4.69) is 0 Å².